The van der Waals surface area contributed by atoms with Gasteiger partial charge in [-0.1, -0.05) is 12.2 Å². The molecule has 58 valence electrons. The van der Waals surface area contributed by atoms with Gasteiger partial charge >= 0.3 is 0 Å². The second kappa shape index (κ2) is 2.70. The van der Waals surface area contributed by atoms with E-state index in [1.165, 1.54) is 0 Å². The summed E-state index contributed by atoms with van der Waals surface area (Å²) in [6.07, 6.45) is 5.03. The summed E-state index contributed by atoms with van der Waals surface area (Å²) < 4.78 is 13.1. The highest BCUT2D eigenvalue weighted by molar-refractivity contribution is 5.06. The number of allylic oxidation sites excluding steroid dienone is 1. The van der Waals surface area contributed by atoms with Crippen molar-refractivity contribution in [2.45, 2.75) is 25.4 Å². The molecule has 2 heteroatoms. The summed E-state index contributed by atoms with van der Waals surface area (Å²) in [7, 11) is 0. The average molecular weight is 143 g/mol. The number of halogens is 1. The highest BCUT2D eigenvalue weighted by Crippen LogP contribution is 2.27. The third-order valence-corrected chi connectivity index (χ3v) is 2.02. The number of alkyl halides is 1. The molecular formula is C8H14FN. The zero-order valence-electron chi connectivity index (χ0n) is 6.31. The zero-order valence-corrected chi connectivity index (χ0v) is 6.31. The molecule has 2 N–H and O–H groups in total. The Bertz CT molecular complexity index is 140. The third-order valence-electron chi connectivity index (χ3n) is 2.02. The van der Waals surface area contributed by atoms with E-state index in [4.69, 9.17) is 5.73 Å². The molecule has 10 heavy (non-hydrogen) atoms. The number of rotatable bonds is 1. The van der Waals surface area contributed by atoms with Crippen molar-refractivity contribution in [3.63, 3.8) is 0 Å². The van der Waals surface area contributed by atoms with Crippen molar-refractivity contribution in [2.75, 3.05) is 6.54 Å². The molecule has 0 aromatic carbocycles. The maximum atomic E-state index is 13.1. The average Bonchev–Trinajstić information content (AvgIpc) is 1.88. The fraction of sp³-hybridized carbons (Fsp3) is 0.750. The lowest BCUT2D eigenvalue weighted by Crippen LogP contribution is -2.24. The van der Waals surface area contributed by atoms with Gasteiger partial charge in [-0.2, -0.15) is 0 Å². The van der Waals surface area contributed by atoms with E-state index in [-0.39, 0.29) is 0 Å². The first-order valence-corrected chi connectivity index (χ1v) is 3.72. The minimum atomic E-state index is -1.08. The van der Waals surface area contributed by atoms with Crippen LogP contribution in [0.2, 0.25) is 0 Å². The molecule has 0 aromatic heterocycles. The summed E-state index contributed by atoms with van der Waals surface area (Å²) in [4.78, 5) is 0. The van der Waals surface area contributed by atoms with Gasteiger partial charge in [0.2, 0.25) is 0 Å². The Morgan fingerprint density at radius 2 is 2.50 bits per heavy atom. The summed E-state index contributed by atoms with van der Waals surface area (Å²) in [6.45, 7) is 2.25. The molecular weight excluding hydrogens is 129 g/mol. The molecule has 0 bridgehead atoms. The van der Waals surface area contributed by atoms with Crippen LogP contribution in [0.5, 0.6) is 0 Å². The van der Waals surface area contributed by atoms with Gasteiger partial charge in [-0.15, -0.1) is 0 Å². The summed E-state index contributed by atoms with van der Waals surface area (Å²) in [5.41, 5.74) is 4.34. The molecule has 1 aliphatic carbocycles. The minimum Gasteiger partial charge on any atom is -0.330 e. The highest BCUT2D eigenvalue weighted by Gasteiger charge is 2.24. The van der Waals surface area contributed by atoms with Gasteiger partial charge in [-0.05, 0) is 32.2 Å². The van der Waals surface area contributed by atoms with Crippen molar-refractivity contribution in [2.24, 2.45) is 11.7 Å². The normalized spacial score (nSPS) is 40.1. The monoisotopic (exact) mass is 143 g/mol. The van der Waals surface area contributed by atoms with Gasteiger partial charge in [0.1, 0.15) is 5.67 Å². The first kappa shape index (κ1) is 7.73. The number of hydrogen-bond donors (Lipinski definition) is 1. The van der Waals surface area contributed by atoms with Crippen LogP contribution in [0.25, 0.3) is 0 Å². The van der Waals surface area contributed by atoms with Gasteiger partial charge in [0.05, 0.1) is 0 Å². The predicted molar refractivity (Wildman–Crippen MR) is 40.4 cm³/mol. The molecule has 2 atom stereocenters. The number of hydrogen-bond acceptors (Lipinski definition) is 1. The van der Waals surface area contributed by atoms with Crippen LogP contribution in [0.1, 0.15) is 19.8 Å². The van der Waals surface area contributed by atoms with Crippen LogP contribution < -0.4 is 5.73 Å². The van der Waals surface area contributed by atoms with Gasteiger partial charge in [0, 0.05) is 0 Å². The van der Waals surface area contributed by atoms with E-state index in [0.717, 1.165) is 6.42 Å². The first-order chi connectivity index (χ1) is 4.64. The Labute approximate surface area is 61.1 Å². The van der Waals surface area contributed by atoms with Crippen molar-refractivity contribution in [3.8, 4) is 0 Å². The van der Waals surface area contributed by atoms with Crippen molar-refractivity contribution >= 4 is 0 Å². The first-order valence-electron chi connectivity index (χ1n) is 3.72. The quantitative estimate of drug-likeness (QED) is 0.555. The summed E-state index contributed by atoms with van der Waals surface area (Å²) in [5.74, 6) is 0.406. The topological polar surface area (TPSA) is 26.0 Å². The maximum Gasteiger partial charge on any atom is 0.126 e. The molecule has 2 unspecified atom stereocenters. The molecule has 0 radical (unpaired) electrons. The van der Waals surface area contributed by atoms with Gasteiger partial charge in [0.25, 0.3) is 0 Å². The fourth-order valence-corrected chi connectivity index (χ4v) is 1.18. The lowest BCUT2D eigenvalue weighted by atomic mass is 9.88. The molecule has 0 fully saturated rings. The van der Waals surface area contributed by atoms with Crippen molar-refractivity contribution in [1.29, 1.82) is 0 Å². The van der Waals surface area contributed by atoms with Crippen LogP contribution in [-0.2, 0) is 0 Å². The molecule has 1 rings (SSSR count). The van der Waals surface area contributed by atoms with Gasteiger partial charge in [-0.3, -0.25) is 0 Å². The molecule has 1 nitrogen and oxygen atoms in total. The van der Waals surface area contributed by atoms with Crippen LogP contribution in [-0.4, -0.2) is 12.2 Å². The molecule has 0 amide bonds. The van der Waals surface area contributed by atoms with E-state index in [2.05, 4.69) is 0 Å². The maximum absolute atomic E-state index is 13.1. The summed E-state index contributed by atoms with van der Waals surface area (Å²) in [5, 5.41) is 0. The van der Waals surface area contributed by atoms with Gasteiger partial charge < -0.3 is 5.73 Å². The standard InChI is InChI=1S/C8H14FN/c1-8(9)4-2-7(6-10)3-5-8/h2,4,7H,3,5-6,10H2,1H3. The van der Waals surface area contributed by atoms with E-state index in [1.54, 1.807) is 13.0 Å². The Hall–Kier alpha value is -0.370. The van der Waals surface area contributed by atoms with Crippen molar-refractivity contribution < 1.29 is 4.39 Å². The molecule has 0 saturated heterocycles. The molecule has 0 aromatic rings. The Kier molecular flexibility index (Phi) is 2.09. The van der Waals surface area contributed by atoms with E-state index < -0.39 is 5.67 Å². The van der Waals surface area contributed by atoms with E-state index >= 15 is 0 Å². The second-order valence-electron chi connectivity index (χ2n) is 3.17. The largest absolute Gasteiger partial charge is 0.330 e. The van der Waals surface area contributed by atoms with Crippen LogP contribution in [0.4, 0.5) is 4.39 Å². The molecule has 0 heterocycles. The van der Waals surface area contributed by atoms with Crippen LogP contribution >= 0.6 is 0 Å². The summed E-state index contributed by atoms with van der Waals surface area (Å²) in [6, 6.07) is 0. The SMILES string of the molecule is CC1(F)C=CC(CN)CC1. The zero-order chi connectivity index (χ0) is 7.61. The smallest absolute Gasteiger partial charge is 0.126 e. The molecule has 1 aliphatic rings. The lowest BCUT2D eigenvalue weighted by Gasteiger charge is -2.24. The predicted octanol–water partition coefficient (Wildman–Crippen LogP) is 1.64. The van der Waals surface area contributed by atoms with Crippen molar-refractivity contribution in [3.05, 3.63) is 12.2 Å². The van der Waals surface area contributed by atoms with Gasteiger partial charge in [0.15, 0.2) is 0 Å². The van der Waals surface area contributed by atoms with Crippen molar-refractivity contribution in [1.82, 2.24) is 0 Å². The second-order valence-corrected chi connectivity index (χ2v) is 3.17. The Balaban J connectivity index is 2.52. The fourth-order valence-electron chi connectivity index (χ4n) is 1.18. The van der Waals surface area contributed by atoms with Crippen LogP contribution in [0.3, 0.4) is 0 Å². The molecule has 0 aliphatic heterocycles. The van der Waals surface area contributed by atoms with E-state index in [1.807, 2.05) is 6.08 Å². The Morgan fingerprint density at radius 1 is 1.80 bits per heavy atom. The number of nitrogens with two attached hydrogens (primary N) is 1. The molecule has 0 spiro atoms. The third kappa shape index (κ3) is 1.81. The van der Waals surface area contributed by atoms with Crippen LogP contribution in [0, 0.1) is 5.92 Å². The van der Waals surface area contributed by atoms with E-state index in [9.17, 15) is 4.39 Å². The summed E-state index contributed by atoms with van der Waals surface area (Å²) >= 11 is 0. The lowest BCUT2D eigenvalue weighted by molar-refractivity contribution is 0.215. The molecule has 0 saturated carbocycles. The van der Waals surface area contributed by atoms with Crippen LogP contribution in [0.15, 0.2) is 12.2 Å². The van der Waals surface area contributed by atoms with Gasteiger partial charge in [-0.25, -0.2) is 4.39 Å². The Morgan fingerprint density at radius 3 is 2.90 bits per heavy atom. The van der Waals surface area contributed by atoms with E-state index in [0.29, 0.717) is 18.9 Å². The minimum absolute atomic E-state index is 0.406. The highest BCUT2D eigenvalue weighted by atomic mass is 19.1.